The van der Waals surface area contributed by atoms with Crippen molar-refractivity contribution in [2.45, 2.75) is 6.18 Å². The summed E-state index contributed by atoms with van der Waals surface area (Å²) in [5.41, 5.74) is -1.97. The van der Waals surface area contributed by atoms with Crippen molar-refractivity contribution < 1.29 is 18.0 Å². The predicted molar refractivity (Wildman–Crippen MR) is 96.3 cm³/mol. The first kappa shape index (κ1) is 19.4. The molecule has 152 valence electrons. The minimum absolute atomic E-state index is 0.0674. The first-order valence-corrected chi connectivity index (χ1v) is 8.48. The minimum atomic E-state index is -4.89. The van der Waals surface area contributed by atoms with Crippen molar-refractivity contribution in [3.05, 3.63) is 65.6 Å². The summed E-state index contributed by atoms with van der Waals surface area (Å²) in [6.45, 7) is 0. The summed E-state index contributed by atoms with van der Waals surface area (Å²) in [7, 11) is 0. The van der Waals surface area contributed by atoms with Gasteiger partial charge in [-0.1, -0.05) is 11.6 Å². The Morgan fingerprint density at radius 1 is 1.00 bits per heavy atom. The molecular weight excluding hydrogens is 427 g/mol. The highest BCUT2D eigenvalue weighted by Crippen LogP contribution is 2.33. The van der Waals surface area contributed by atoms with E-state index in [0.29, 0.717) is 4.68 Å². The average molecular weight is 436 g/mol. The summed E-state index contributed by atoms with van der Waals surface area (Å²) in [6.07, 6.45) is 2.45. The monoisotopic (exact) mass is 435 g/mol. The number of alkyl halides is 3. The first-order chi connectivity index (χ1) is 14.3. The topological polar surface area (TPSA) is 116 Å². The number of pyridine rings is 1. The zero-order valence-electron chi connectivity index (χ0n) is 14.6. The zero-order valence-corrected chi connectivity index (χ0v) is 15.4. The lowest BCUT2D eigenvalue weighted by molar-refractivity contribution is -0.143. The zero-order chi connectivity index (χ0) is 21.3. The summed E-state index contributed by atoms with van der Waals surface area (Å²) >= 11 is 6.11. The Morgan fingerprint density at radius 3 is 2.33 bits per heavy atom. The van der Waals surface area contributed by atoms with Gasteiger partial charge in [-0.05, 0) is 12.1 Å². The van der Waals surface area contributed by atoms with Gasteiger partial charge in [0.1, 0.15) is 0 Å². The van der Waals surface area contributed by atoms with Gasteiger partial charge in [0.05, 0.1) is 41.1 Å². The first-order valence-electron chi connectivity index (χ1n) is 8.11. The van der Waals surface area contributed by atoms with Gasteiger partial charge in [-0.15, -0.1) is 4.80 Å². The molecule has 0 saturated carbocycles. The van der Waals surface area contributed by atoms with E-state index in [1.54, 1.807) is 0 Å². The predicted octanol–water partition coefficient (Wildman–Crippen LogP) is 2.56. The van der Waals surface area contributed by atoms with Crippen molar-refractivity contribution >= 4 is 23.2 Å². The van der Waals surface area contributed by atoms with Crippen molar-refractivity contribution in [3.63, 3.8) is 0 Å². The number of carbonyl (C=O) groups is 1. The number of amides is 1. The fraction of sp³-hybridized carbons (Fsp3) is 0.0625. The molecule has 0 spiro atoms. The number of hydrogen-bond donors (Lipinski definition) is 1. The lowest BCUT2D eigenvalue weighted by Gasteiger charge is -2.12. The SMILES string of the molecule is O=C(Nc1cnc(-n2nccn2)c(Cl)c1)c1cnn(-c2ncccn2)c1C(F)(F)F. The molecular formula is C16H9ClF3N9O. The molecule has 14 heteroatoms. The highest BCUT2D eigenvalue weighted by atomic mass is 35.5. The van der Waals surface area contributed by atoms with Crippen LogP contribution in [0, 0.1) is 0 Å². The number of anilines is 1. The summed E-state index contributed by atoms with van der Waals surface area (Å²) in [4.78, 5) is 25.2. The van der Waals surface area contributed by atoms with E-state index >= 15 is 0 Å². The lowest BCUT2D eigenvalue weighted by atomic mass is 10.2. The van der Waals surface area contributed by atoms with Crippen LogP contribution in [0.2, 0.25) is 5.02 Å². The van der Waals surface area contributed by atoms with E-state index in [-0.39, 0.29) is 22.5 Å². The molecule has 4 aromatic rings. The molecule has 4 aromatic heterocycles. The molecule has 1 amide bonds. The molecule has 0 atom stereocenters. The third kappa shape index (κ3) is 3.69. The van der Waals surface area contributed by atoms with Gasteiger partial charge in [0.25, 0.3) is 11.9 Å². The Bertz CT molecular complexity index is 1190. The maximum atomic E-state index is 13.7. The molecule has 4 heterocycles. The van der Waals surface area contributed by atoms with E-state index in [0.717, 1.165) is 11.0 Å². The number of carbonyl (C=O) groups excluding carboxylic acids is 1. The maximum Gasteiger partial charge on any atom is 0.434 e. The quantitative estimate of drug-likeness (QED) is 0.523. The van der Waals surface area contributed by atoms with Gasteiger partial charge in [-0.3, -0.25) is 4.79 Å². The molecule has 0 aromatic carbocycles. The third-order valence-corrected chi connectivity index (χ3v) is 3.99. The second-order valence-electron chi connectivity index (χ2n) is 5.67. The van der Waals surface area contributed by atoms with Gasteiger partial charge in [0.2, 0.25) is 0 Å². The summed E-state index contributed by atoms with van der Waals surface area (Å²) in [5, 5.41) is 13.8. The van der Waals surface area contributed by atoms with Gasteiger partial charge < -0.3 is 5.32 Å². The van der Waals surface area contributed by atoms with Gasteiger partial charge in [-0.2, -0.15) is 33.1 Å². The molecule has 0 radical (unpaired) electrons. The van der Waals surface area contributed by atoms with Crippen LogP contribution in [-0.2, 0) is 6.18 Å². The third-order valence-electron chi connectivity index (χ3n) is 3.71. The number of nitrogens with one attached hydrogen (secondary N) is 1. The van der Waals surface area contributed by atoms with E-state index in [1.165, 1.54) is 43.1 Å². The Morgan fingerprint density at radius 2 is 1.70 bits per heavy atom. The van der Waals surface area contributed by atoms with Gasteiger partial charge in [0.15, 0.2) is 11.5 Å². The molecule has 1 N–H and O–H groups in total. The van der Waals surface area contributed by atoms with Crippen LogP contribution in [0.25, 0.3) is 11.8 Å². The van der Waals surface area contributed by atoms with E-state index in [1.807, 2.05) is 0 Å². The smallest absolute Gasteiger partial charge is 0.320 e. The normalized spacial score (nSPS) is 11.5. The van der Waals surface area contributed by atoms with E-state index < -0.39 is 23.3 Å². The van der Waals surface area contributed by atoms with Crippen LogP contribution in [0.15, 0.2) is 49.3 Å². The molecule has 4 rings (SSSR count). The molecule has 0 aliphatic carbocycles. The standard InChI is InChI=1S/C16H9ClF3N9O/c17-11-6-9(7-23-13(11)29-24-4-5-25-29)27-14(30)10-8-26-28(12(10)16(18,19)20)15-21-2-1-3-22-15/h1-8H,(H,27,30). The van der Waals surface area contributed by atoms with E-state index in [9.17, 15) is 18.0 Å². The lowest BCUT2D eigenvalue weighted by Crippen LogP contribution is -2.21. The maximum absolute atomic E-state index is 13.7. The van der Waals surface area contributed by atoms with Gasteiger partial charge >= 0.3 is 6.18 Å². The summed E-state index contributed by atoms with van der Waals surface area (Å²) in [5.74, 6) is -1.21. The number of rotatable bonds is 4. The molecule has 30 heavy (non-hydrogen) atoms. The molecule has 0 unspecified atom stereocenters. The van der Waals surface area contributed by atoms with Crippen LogP contribution in [0.5, 0.6) is 0 Å². The molecule has 0 aliphatic rings. The second-order valence-corrected chi connectivity index (χ2v) is 6.07. The number of halogens is 4. The van der Waals surface area contributed by atoms with Gasteiger partial charge in [0, 0.05) is 12.4 Å². The number of hydrogen-bond acceptors (Lipinski definition) is 7. The summed E-state index contributed by atoms with van der Waals surface area (Å²) in [6, 6.07) is 2.75. The van der Waals surface area contributed by atoms with Crippen LogP contribution >= 0.6 is 11.6 Å². The van der Waals surface area contributed by atoms with Crippen LogP contribution in [-0.4, -0.2) is 45.6 Å². The average Bonchev–Trinajstić information content (AvgIpc) is 3.38. The van der Waals surface area contributed by atoms with Crippen molar-refractivity contribution in [1.29, 1.82) is 0 Å². The Hall–Kier alpha value is -3.87. The van der Waals surface area contributed by atoms with Crippen molar-refractivity contribution in [2.24, 2.45) is 0 Å². The van der Waals surface area contributed by atoms with Crippen molar-refractivity contribution in [2.75, 3.05) is 5.32 Å². The number of aromatic nitrogens is 8. The molecule has 0 aliphatic heterocycles. The second kappa shape index (κ2) is 7.51. The van der Waals surface area contributed by atoms with E-state index in [2.05, 4.69) is 35.6 Å². The Balaban J connectivity index is 1.66. The highest BCUT2D eigenvalue weighted by molar-refractivity contribution is 6.32. The van der Waals surface area contributed by atoms with Crippen LogP contribution in [0.1, 0.15) is 16.1 Å². The highest BCUT2D eigenvalue weighted by Gasteiger charge is 2.41. The molecule has 0 saturated heterocycles. The van der Waals surface area contributed by atoms with Crippen LogP contribution in [0.4, 0.5) is 18.9 Å². The van der Waals surface area contributed by atoms with Crippen molar-refractivity contribution in [3.8, 4) is 11.8 Å². The van der Waals surface area contributed by atoms with E-state index in [4.69, 9.17) is 11.6 Å². The Labute approximate surface area is 170 Å². The Kier molecular flexibility index (Phi) is 4.87. The van der Waals surface area contributed by atoms with Crippen molar-refractivity contribution in [1.82, 2.24) is 39.7 Å². The van der Waals surface area contributed by atoms with Gasteiger partial charge in [-0.25, -0.2) is 15.0 Å². The fourth-order valence-electron chi connectivity index (χ4n) is 2.51. The molecule has 0 fully saturated rings. The van der Waals surface area contributed by atoms with Crippen LogP contribution < -0.4 is 5.32 Å². The summed E-state index contributed by atoms with van der Waals surface area (Å²) < 4.78 is 41.4. The van der Waals surface area contributed by atoms with Crippen LogP contribution in [0.3, 0.4) is 0 Å². The largest absolute Gasteiger partial charge is 0.434 e. The molecule has 10 nitrogen and oxygen atoms in total. The number of nitrogens with zero attached hydrogens (tertiary/aromatic N) is 8. The minimum Gasteiger partial charge on any atom is -0.320 e. The fourth-order valence-corrected chi connectivity index (χ4v) is 2.75. The molecule has 0 bridgehead atoms.